The van der Waals surface area contributed by atoms with Gasteiger partial charge in [-0.1, -0.05) is 6.92 Å². The Bertz CT molecular complexity index is 214. The topological polar surface area (TPSA) is 50.4 Å². The van der Waals surface area contributed by atoms with Crippen molar-refractivity contribution in [2.24, 2.45) is 0 Å². The fourth-order valence-electron chi connectivity index (χ4n) is 1.67. The van der Waals surface area contributed by atoms with Crippen molar-refractivity contribution in [2.45, 2.75) is 51.4 Å². The lowest BCUT2D eigenvalue weighted by Gasteiger charge is -2.15. The van der Waals surface area contributed by atoms with Crippen molar-refractivity contribution < 1.29 is 9.53 Å². The van der Waals surface area contributed by atoms with Crippen LogP contribution in [-0.4, -0.2) is 37.7 Å². The molecule has 0 aromatic carbocycles. The van der Waals surface area contributed by atoms with E-state index in [0.717, 1.165) is 19.3 Å². The normalized spacial score (nSPS) is 25.9. The lowest BCUT2D eigenvalue weighted by atomic mass is 10.1. The number of hydrogen-bond donors (Lipinski definition) is 2. The number of ether oxygens (including phenoxy) is 1. The van der Waals surface area contributed by atoms with E-state index in [1.54, 1.807) is 0 Å². The maximum Gasteiger partial charge on any atom is 0.249 e. The van der Waals surface area contributed by atoms with Crippen LogP contribution in [0.5, 0.6) is 0 Å². The van der Waals surface area contributed by atoms with Crippen LogP contribution in [-0.2, 0) is 9.53 Å². The lowest BCUT2D eigenvalue weighted by molar-refractivity contribution is -0.132. The summed E-state index contributed by atoms with van der Waals surface area (Å²) in [6, 6.07) is 0.303. The minimum Gasteiger partial charge on any atom is -0.365 e. The van der Waals surface area contributed by atoms with Gasteiger partial charge in [-0.2, -0.15) is 0 Å². The molecule has 16 heavy (non-hydrogen) atoms. The summed E-state index contributed by atoms with van der Waals surface area (Å²) in [5, 5.41) is 5.97. The van der Waals surface area contributed by atoms with Crippen LogP contribution in [0.2, 0.25) is 0 Å². The molecule has 0 aromatic rings. The zero-order valence-corrected chi connectivity index (χ0v) is 11.1. The average molecular weight is 251 g/mol. The van der Waals surface area contributed by atoms with E-state index in [9.17, 15) is 4.79 Å². The van der Waals surface area contributed by atoms with Crippen molar-refractivity contribution >= 4 is 18.3 Å². The highest BCUT2D eigenvalue weighted by molar-refractivity contribution is 5.85. The molecule has 1 rings (SSSR count). The monoisotopic (exact) mass is 250 g/mol. The average Bonchev–Trinajstić information content (AvgIpc) is 2.73. The highest BCUT2D eigenvalue weighted by Crippen LogP contribution is 2.21. The second-order valence-electron chi connectivity index (χ2n) is 4.17. The van der Waals surface area contributed by atoms with Gasteiger partial charge in [-0.15, -0.1) is 12.4 Å². The third-order valence-electron chi connectivity index (χ3n) is 2.93. The summed E-state index contributed by atoms with van der Waals surface area (Å²) >= 11 is 0. The summed E-state index contributed by atoms with van der Waals surface area (Å²) in [6.45, 7) is 4.78. The molecule has 1 aliphatic rings. The van der Waals surface area contributed by atoms with Gasteiger partial charge in [-0.3, -0.25) is 4.79 Å². The number of hydrogen-bond acceptors (Lipinski definition) is 3. The van der Waals surface area contributed by atoms with Crippen LogP contribution in [0.3, 0.4) is 0 Å². The van der Waals surface area contributed by atoms with E-state index in [4.69, 9.17) is 4.74 Å². The zero-order valence-electron chi connectivity index (χ0n) is 10.3. The summed E-state index contributed by atoms with van der Waals surface area (Å²) in [5.74, 6) is 0.0352. The van der Waals surface area contributed by atoms with E-state index >= 15 is 0 Å². The second-order valence-corrected chi connectivity index (χ2v) is 4.17. The largest absolute Gasteiger partial charge is 0.365 e. The Morgan fingerprint density at radius 2 is 2.19 bits per heavy atom. The maximum absolute atomic E-state index is 11.7. The highest BCUT2D eigenvalue weighted by atomic mass is 35.5. The number of carbonyl (C=O) groups is 1. The Labute approximate surface area is 104 Å². The second kappa shape index (κ2) is 7.87. The third-order valence-corrected chi connectivity index (χ3v) is 2.93. The van der Waals surface area contributed by atoms with E-state index in [1.165, 1.54) is 0 Å². The van der Waals surface area contributed by atoms with Crippen LogP contribution in [0, 0.1) is 0 Å². The van der Waals surface area contributed by atoms with Crippen LogP contribution in [0.15, 0.2) is 0 Å². The van der Waals surface area contributed by atoms with E-state index in [2.05, 4.69) is 17.6 Å². The summed E-state index contributed by atoms with van der Waals surface area (Å²) in [4.78, 5) is 11.7. The number of halogens is 1. The van der Waals surface area contributed by atoms with Crippen LogP contribution < -0.4 is 10.6 Å². The Morgan fingerprint density at radius 1 is 1.50 bits per heavy atom. The quantitative estimate of drug-likeness (QED) is 0.768. The number of carbonyl (C=O) groups excluding carboxylic acids is 1. The molecule has 0 aromatic heterocycles. The van der Waals surface area contributed by atoms with Crippen LogP contribution in [0.4, 0.5) is 0 Å². The van der Waals surface area contributed by atoms with E-state index in [1.807, 2.05) is 14.0 Å². The summed E-state index contributed by atoms with van der Waals surface area (Å²) in [6.07, 6.45) is 2.92. The fourth-order valence-corrected chi connectivity index (χ4v) is 1.67. The summed E-state index contributed by atoms with van der Waals surface area (Å²) in [5.41, 5.74) is 0. The molecule has 1 saturated heterocycles. The van der Waals surface area contributed by atoms with Crippen molar-refractivity contribution in [2.75, 3.05) is 13.6 Å². The minimum atomic E-state index is -0.223. The first-order valence-electron chi connectivity index (χ1n) is 5.77. The molecule has 0 saturated carbocycles. The molecule has 0 aliphatic carbocycles. The first kappa shape index (κ1) is 15.7. The first-order valence-corrected chi connectivity index (χ1v) is 5.77. The molecule has 1 heterocycles. The van der Waals surface area contributed by atoms with Crippen LogP contribution >= 0.6 is 12.4 Å². The van der Waals surface area contributed by atoms with Gasteiger partial charge in [0.2, 0.25) is 5.91 Å². The molecule has 0 spiro atoms. The summed E-state index contributed by atoms with van der Waals surface area (Å²) < 4.78 is 5.61. The molecule has 0 bridgehead atoms. The Morgan fingerprint density at radius 3 is 2.69 bits per heavy atom. The lowest BCUT2D eigenvalue weighted by Crippen LogP contribution is -2.41. The molecule has 5 heteroatoms. The number of rotatable bonds is 5. The van der Waals surface area contributed by atoms with Gasteiger partial charge in [0.1, 0.15) is 6.10 Å². The van der Waals surface area contributed by atoms with Gasteiger partial charge in [0.05, 0.1) is 6.10 Å². The highest BCUT2D eigenvalue weighted by Gasteiger charge is 2.29. The Hall–Kier alpha value is -0.320. The molecule has 1 fully saturated rings. The van der Waals surface area contributed by atoms with E-state index in [-0.39, 0.29) is 30.5 Å². The molecular weight excluding hydrogens is 228 g/mol. The molecule has 96 valence electrons. The van der Waals surface area contributed by atoms with E-state index < -0.39 is 0 Å². The number of nitrogens with one attached hydrogen (secondary N) is 2. The fraction of sp³-hybridized carbons (Fsp3) is 0.909. The molecule has 1 amide bonds. The van der Waals surface area contributed by atoms with Crippen molar-refractivity contribution in [3.63, 3.8) is 0 Å². The van der Waals surface area contributed by atoms with E-state index in [0.29, 0.717) is 12.6 Å². The smallest absolute Gasteiger partial charge is 0.249 e. The van der Waals surface area contributed by atoms with Gasteiger partial charge >= 0.3 is 0 Å². The van der Waals surface area contributed by atoms with Gasteiger partial charge in [0.25, 0.3) is 0 Å². The van der Waals surface area contributed by atoms with Gasteiger partial charge in [-0.25, -0.2) is 0 Å². The van der Waals surface area contributed by atoms with Gasteiger partial charge in [0.15, 0.2) is 0 Å². The SMILES string of the molecule is CCC1CCC(C(=O)NCC(C)NC)O1.Cl. The first-order chi connectivity index (χ1) is 7.17. The Kier molecular flexibility index (Phi) is 7.72. The third kappa shape index (κ3) is 4.68. The zero-order chi connectivity index (χ0) is 11.3. The molecule has 3 atom stereocenters. The maximum atomic E-state index is 11.7. The molecule has 2 N–H and O–H groups in total. The number of amides is 1. The van der Waals surface area contributed by atoms with Crippen molar-refractivity contribution in [1.29, 1.82) is 0 Å². The number of likely N-dealkylation sites (N-methyl/N-ethyl adjacent to an activating group) is 1. The van der Waals surface area contributed by atoms with Crippen LogP contribution in [0.25, 0.3) is 0 Å². The molecular formula is C11H23ClN2O2. The predicted octanol–water partition coefficient (Wildman–Crippen LogP) is 1.09. The minimum absolute atomic E-state index is 0. The van der Waals surface area contributed by atoms with Gasteiger partial charge in [0, 0.05) is 12.6 Å². The summed E-state index contributed by atoms with van der Waals surface area (Å²) in [7, 11) is 1.88. The van der Waals surface area contributed by atoms with Gasteiger partial charge < -0.3 is 15.4 Å². The molecule has 0 radical (unpaired) electrons. The standard InChI is InChI=1S/C11H22N2O2.ClH/c1-4-9-5-6-10(15-9)11(14)13-7-8(2)12-3;/h8-10,12H,4-7H2,1-3H3,(H,13,14);1H. The Balaban J connectivity index is 0.00000225. The van der Waals surface area contributed by atoms with Crippen molar-refractivity contribution in [1.82, 2.24) is 10.6 Å². The van der Waals surface area contributed by atoms with Crippen LogP contribution in [0.1, 0.15) is 33.1 Å². The molecule has 3 unspecified atom stereocenters. The molecule has 4 nitrogen and oxygen atoms in total. The molecule has 1 aliphatic heterocycles. The predicted molar refractivity (Wildman–Crippen MR) is 67.0 cm³/mol. The van der Waals surface area contributed by atoms with Crippen molar-refractivity contribution in [3.8, 4) is 0 Å². The van der Waals surface area contributed by atoms with Crippen molar-refractivity contribution in [3.05, 3.63) is 0 Å². The van der Waals surface area contributed by atoms with Gasteiger partial charge in [-0.05, 0) is 33.2 Å².